The van der Waals surface area contributed by atoms with Gasteiger partial charge in [0.15, 0.2) is 0 Å². The van der Waals surface area contributed by atoms with Crippen LogP contribution in [-0.4, -0.2) is 80.8 Å². The summed E-state index contributed by atoms with van der Waals surface area (Å²) in [6, 6.07) is 16.2. The second kappa shape index (κ2) is 11.0. The molecule has 0 spiro atoms. The van der Waals surface area contributed by atoms with Crippen LogP contribution in [0.3, 0.4) is 0 Å². The Labute approximate surface area is 203 Å². The van der Waals surface area contributed by atoms with Crippen molar-refractivity contribution >= 4 is 15.9 Å². The molecule has 2 aromatic carbocycles. The molecule has 0 aromatic heterocycles. The molecule has 2 aromatic rings. The minimum atomic E-state index is -3.64. The first-order valence-corrected chi connectivity index (χ1v) is 13.7. The Morgan fingerprint density at radius 3 is 2.44 bits per heavy atom. The summed E-state index contributed by atoms with van der Waals surface area (Å²) in [4.78, 5) is 18.2. The number of amides is 1. The van der Waals surface area contributed by atoms with Gasteiger partial charge in [-0.25, -0.2) is 8.42 Å². The monoisotopic (exact) mass is 484 g/mol. The van der Waals surface area contributed by atoms with Gasteiger partial charge in [-0.1, -0.05) is 42.8 Å². The predicted molar refractivity (Wildman–Crippen MR) is 134 cm³/mol. The highest BCUT2D eigenvalue weighted by Gasteiger charge is 2.31. The van der Waals surface area contributed by atoms with E-state index in [-0.39, 0.29) is 22.9 Å². The molecule has 2 aliphatic rings. The highest BCUT2D eigenvalue weighted by molar-refractivity contribution is 7.89. The van der Waals surface area contributed by atoms with Crippen molar-refractivity contribution in [1.29, 1.82) is 0 Å². The Morgan fingerprint density at radius 1 is 1.00 bits per heavy atom. The lowest BCUT2D eigenvalue weighted by molar-refractivity contribution is 0.0907. The van der Waals surface area contributed by atoms with Crippen LogP contribution in [0.25, 0.3) is 0 Å². The molecule has 4 rings (SSSR count). The fourth-order valence-electron chi connectivity index (χ4n) is 4.81. The van der Waals surface area contributed by atoms with Crippen LogP contribution in [0.5, 0.6) is 0 Å². The lowest BCUT2D eigenvalue weighted by atomic mass is 10.0. The van der Waals surface area contributed by atoms with Crippen molar-refractivity contribution < 1.29 is 13.2 Å². The molecule has 2 aliphatic heterocycles. The molecule has 7 nitrogen and oxygen atoms in total. The molecule has 1 N–H and O–H groups in total. The minimum Gasteiger partial charge on any atom is -0.344 e. The van der Waals surface area contributed by atoms with Crippen molar-refractivity contribution in [3.63, 3.8) is 0 Å². The van der Waals surface area contributed by atoms with E-state index in [0.717, 1.165) is 51.0 Å². The van der Waals surface area contributed by atoms with Crippen LogP contribution in [0.1, 0.15) is 48.1 Å². The average molecular weight is 485 g/mol. The summed E-state index contributed by atoms with van der Waals surface area (Å²) in [7, 11) is -1.51. The molecule has 2 atom stereocenters. The van der Waals surface area contributed by atoms with Crippen LogP contribution in [0.2, 0.25) is 0 Å². The van der Waals surface area contributed by atoms with Gasteiger partial charge in [-0.2, -0.15) is 4.31 Å². The molecule has 2 saturated heterocycles. The molecule has 34 heavy (non-hydrogen) atoms. The molecule has 0 bridgehead atoms. The van der Waals surface area contributed by atoms with E-state index in [2.05, 4.69) is 22.2 Å². The standard InChI is InChI=1S/C26H36N4O3S/c1-21-9-6-7-14-30(21)34(32,33)24-13-8-12-23(19-24)26(31)27-25(22-10-4-3-5-11-22)20-29-17-15-28(2)16-18-29/h3-5,8,10-13,19,21,25H,6-7,9,14-18,20H2,1-2H3,(H,27,31). The van der Waals surface area contributed by atoms with Gasteiger partial charge in [-0.3, -0.25) is 9.69 Å². The summed E-state index contributed by atoms with van der Waals surface area (Å²) in [5.74, 6) is -0.258. The van der Waals surface area contributed by atoms with Crippen molar-refractivity contribution in [2.45, 2.75) is 43.2 Å². The Kier molecular flexibility index (Phi) is 8.03. The third-order valence-corrected chi connectivity index (χ3v) is 9.00. The summed E-state index contributed by atoms with van der Waals surface area (Å²) < 4.78 is 28.2. The molecule has 1 amide bonds. The summed E-state index contributed by atoms with van der Waals surface area (Å²) in [5.41, 5.74) is 1.41. The van der Waals surface area contributed by atoms with Gasteiger partial charge in [0.05, 0.1) is 10.9 Å². The first-order valence-electron chi connectivity index (χ1n) is 12.2. The fourth-order valence-corrected chi connectivity index (χ4v) is 6.56. The van der Waals surface area contributed by atoms with Gasteiger partial charge in [0, 0.05) is 50.9 Å². The van der Waals surface area contributed by atoms with Crippen molar-refractivity contribution in [2.75, 3.05) is 46.3 Å². The number of rotatable bonds is 7. The van der Waals surface area contributed by atoms with Crippen LogP contribution in [-0.2, 0) is 10.0 Å². The minimum absolute atomic E-state index is 0.0257. The van der Waals surface area contributed by atoms with Crippen LogP contribution >= 0.6 is 0 Å². The first kappa shape index (κ1) is 24.9. The quantitative estimate of drug-likeness (QED) is 0.654. The highest BCUT2D eigenvalue weighted by atomic mass is 32.2. The van der Waals surface area contributed by atoms with Crippen molar-refractivity contribution in [3.8, 4) is 0 Å². The zero-order chi connectivity index (χ0) is 24.1. The van der Waals surface area contributed by atoms with Gasteiger partial charge in [-0.05, 0) is 50.6 Å². The summed E-state index contributed by atoms with van der Waals surface area (Å²) in [5, 5.41) is 3.17. The van der Waals surface area contributed by atoms with Crippen molar-refractivity contribution in [1.82, 2.24) is 19.4 Å². The lowest BCUT2D eigenvalue weighted by Gasteiger charge is -2.35. The van der Waals surface area contributed by atoms with Gasteiger partial charge in [0.1, 0.15) is 0 Å². The number of piperazine rings is 1. The van der Waals surface area contributed by atoms with E-state index in [1.165, 1.54) is 6.07 Å². The second-order valence-electron chi connectivity index (χ2n) is 9.53. The summed E-state index contributed by atoms with van der Waals surface area (Å²) in [6.45, 7) is 7.12. The van der Waals surface area contributed by atoms with E-state index in [4.69, 9.17) is 0 Å². The lowest BCUT2D eigenvalue weighted by Crippen LogP contribution is -2.47. The maximum Gasteiger partial charge on any atom is 0.251 e. The summed E-state index contributed by atoms with van der Waals surface area (Å²) >= 11 is 0. The van der Waals surface area contributed by atoms with Crippen LogP contribution in [0, 0.1) is 0 Å². The molecule has 184 valence electrons. The molecule has 0 aliphatic carbocycles. The van der Waals surface area contributed by atoms with E-state index in [0.29, 0.717) is 18.7 Å². The second-order valence-corrected chi connectivity index (χ2v) is 11.4. The number of piperidine rings is 1. The Bertz CT molecular complexity index is 1070. The largest absolute Gasteiger partial charge is 0.344 e. The predicted octanol–water partition coefficient (Wildman–Crippen LogP) is 2.97. The van der Waals surface area contributed by atoms with Gasteiger partial charge in [0.2, 0.25) is 10.0 Å². The van der Waals surface area contributed by atoms with Crippen LogP contribution in [0.4, 0.5) is 0 Å². The first-order chi connectivity index (χ1) is 16.3. The Hall–Kier alpha value is -2.26. The molecule has 2 fully saturated rings. The zero-order valence-corrected chi connectivity index (χ0v) is 21.0. The SMILES string of the molecule is CC1CCCCN1S(=O)(=O)c1cccc(C(=O)NC(CN2CCN(C)CC2)c2ccccc2)c1. The number of hydrogen-bond acceptors (Lipinski definition) is 5. The van der Waals surface area contributed by atoms with Gasteiger partial charge >= 0.3 is 0 Å². The van der Waals surface area contributed by atoms with E-state index in [9.17, 15) is 13.2 Å². The Balaban J connectivity index is 1.52. The zero-order valence-electron chi connectivity index (χ0n) is 20.2. The third kappa shape index (κ3) is 5.86. The number of sulfonamides is 1. The van der Waals surface area contributed by atoms with E-state index >= 15 is 0 Å². The average Bonchev–Trinajstić information content (AvgIpc) is 2.85. The number of carbonyl (C=O) groups excluding carboxylic acids is 1. The smallest absolute Gasteiger partial charge is 0.251 e. The molecule has 2 heterocycles. The molecular weight excluding hydrogens is 448 g/mol. The number of benzene rings is 2. The molecule has 0 radical (unpaired) electrons. The number of hydrogen-bond donors (Lipinski definition) is 1. The molecule has 0 saturated carbocycles. The topological polar surface area (TPSA) is 73.0 Å². The molecule has 8 heteroatoms. The maximum atomic E-state index is 13.3. The maximum absolute atomic E-state index is 13.3. The number of nitrogens with zero attached hydrogens (tertiary/aromatic N) is 3. The van der Waals surface area contributed by atoms with E-state index < -0.39 is 10.0 Å². The normalized spacial score (nSPS) is 21.8. The number of carbonyl (C=O) groups is 1. The summed E-state index contributed by atoms with van der Waals surface area (Å²) in [6.07, 6.45) is 2.78. The fraction of sp³-hybridized carbons (Fsp3) is 0.500. The van der Waals surface area contributed by atoms with Crippen LogP contribution in [0.15, 0.2) is 59.5 Å². The number of likely N-dealkylation sites (N-methyl/N-ethyl adjacent to an activating group) is 1. The highest BCUT2D eigenvalue weighted by Crippen LogP contribution is 2.26. The third-order valence-electron chi connectivity index (χ3n) is 6.99. The Morgan fingerprint density at radius 2 is 1.74 bits per heavy atom. The van der Waals surface area contributed by atoms with Crippen LogP contribution < -0.4 is 5.32 Å². The van der Waals surface area contributed by atoms with Gasteiger partial charge in [0.25, 0.3) is 5.91 Å². The van der Waals surface area contributed by atoms with Gasteiger partial charge in [-0.15, -0.1) is 0 Å². The van der Waals surface area contributed by atoms with E-state index in [1.54, 1.807) is 22.5 Å². The van der Waals surface area contributed by atoms with Gasteiger partial charge < -0.3 is 10.2 Å². The number of nitrogens with one attached hydrogen (secondary N) is 1. The van der Waals surface area contributed by atoms with E-state index in [1.807, 2.05) is 37.3 Å². The van der Waals surface area contributed by atoms with Crippen molar-refractivity contribution in [2.24, 2.45) is 0 Å². The molecular formula is C26H36N4O3S. The molecule has 2 unspecified atom stereocenters. The van der Waals surface area contributed by atoms with Crippen molar-refractivity contribution in [3.05, 3.63) is 65.7 Å².